The summed E-state index contributed by atoms with van der Waals surface area (Å²) in [5.74, 6) is 1.37. The van der Waals surface area contributed by atoms with Crippen molar-refractivity contribution >= 4 is 41.0 Å². The maximum absolute atomic E-state index is 12.4. The van der Waals surface area contributed by atoms with E-state index in [-0.39, 0.29) is 23.5 Å². The van der Waals surface area contributed by atoms with Gasteiger partial charge in [0.1, 0.15) is 11.9 Å². The number of halogens is 1. The number of benzene rings is 1. The molecule has 2 rings (SSSR count). The van der Waals surface area contributed by atoms with Crippen molar-refractivity contribution in [2.24, 2.45) is 5.92 Å². The lowest BCUT2D eigenvalue weighted by atomic mass is 10.0. The molecule has 2 amide bonds. The Hall–Kier alpha value is -1.99. The van der Waals surface area contributed by atoms with Crippen LogP contribution in [-0.4, -0.2) is 33.8 Å². The number of amides is 2. The van der Waals surface area contributed by atoms with Crippen LogP contribution in [0.5, 0.6) is 0 Å². The second-order valence-electron chi connectivity index (χ2n) is 6.33. The number of carbonyl (C=O) groups excluding carboxylic acids is 2. The number of hydrogen-bond acceptors (Lipinski definition) is 4. The summed E-state index contributed by atoms with van der Waals surface area (Å²) in [6.45, 7) is 4.02. The Bertz CT molecular complexity index is 704. The third-order valence-electron chi connectivity index (χ3n) is 3.53. The topological polar surface area (TPSA) is 86.9 Å². The first-order chi connectivity index (χ1) is 12.4. The molecule has 3 N–H and O–H groups in total. The van der Waals surface area contributed by atoms with Crippen molar-refractivity contribution in [2.75, 3.05) is 11.1 Å². The summed E-state index contributed by atoms with van der Waals surface area (Å²) in [4.78, 5) is 24.6. The zero-order valence-electron chi connectivity index (χ0n) is 14.8. The molecule has 0 saturated heterocycles. The number of carbonyl (C=O) groups is 2. The minimum Gasteiger partial charge on any atom is -0.344 e. The molecule has 0 aliphatic heterocycles. The molecular weight excluding hydrogens is 372 g/mol. The number of aromatic nitrogens is 2. The molecule has 1 aromatic carbocycles. The largest absolute Gasteiger partial charge is 0.344 e. The fourth-order valence-corrected chi connectivity index (χ4v) is 3.25. The molecule has 0 aliphatic rings. The molecule has 1 heterocycles. The molecule has 0 spiro atoms. The lowest BCUT2D eigenvalue weighted by Gasteiger charge is -2.19. The van der Waals surface area contributed by atoms with Crippen LogP contribution < -0.4 is 10.6 Å². The summed E-state index contributed by atoms with van der Waals surface area (Å²) in [6, 6.07) is 8.61. The minimum atomic E-state index is -0.582. The van der Waals surface area contributed by atoms with Crippen molar-refractivity contribution in [1.82, 2.24) is 15.5 Å². The zero-order valence-corrected chi connectivity index (χ0v) is 16.4. The second kappa shape index (κ2) is 10.2. The monoisotopic (exact) mass is 394 g/mol. The summed E-state index contributed by atoms with van der Waals surface area (Å²) >= 11 is 7.36. The van der Waals surface area contributed by atoms with Crippen molar-refractivity contribution in [1.29, 1.82) is 0 Å². The van der Waals surface area contributed by atoms with Gasteiger partial charge in [-0.1, -0.05) is 37.6 Å². The highest BCUT2D eigenvalue weighted by Crippen LogP contribution is 2.15. The quantitative estimate of drug-likeness (QED) is 0.607. The molecule has 140 valence electrons. The summed E-state index contributed by atoms with van der Waals surface area (Å²) in [5.41, 5.74) is 1.10. The van der Waals surface area contributed by atoms with E-state index >= 15 is 0 Å². The number of H-pyrrole nitrogens is 1. The Kier molecular flexibility index (Phi) is 8.00. The maximum atomic E-state index is 12.4. The maximum Gasteiger partial charge on any atom is 0.248 e. The van der Waals surface area contributed by atoms with Crippen LogP contribution >= 0.6 is 23.4 Å². The van der Waals surface area contributed by atoms with Gasteiger partial charge >= 0.3 is 0 Å². The molecule has 1 unspecified atom stereocenters. The molecule has 0 bridgehead atoms. The van der Waals surface area contributed by atoms with Crippen LogP contribution in [0.4, 0.5) is 5.82 Å². The number of aromatic amines is 1. The van der Waals surface area contributed by atoms with Crippen molar-refractivity contribution in [2.45, 2.75) is 32.1 Å². The summed E-state index contributed by atoms with van der Waals surface area (Å²) in [5, 5.41) is 12.7. The highest BCUT2D eigenvalue weighted by Gasteiger charge is 2.22. The molecular formula is C18H23ClN4O2S. The molecule has 6 nitrogen and oxygen atoms in total. The third-order valence-corrected chi connectivity index (χ3v) is 4.79. The normalized spacial score (nSPS) is 12.0. The lowest BCUT2D eigenvalue weighted by molar-refractivity contribution is -0.125. The number of thioether (sulfide) groups is 1. The molecule has 0 fully saturated rings. The van der Waals surface area contributed by atoms with Gasteiger partial charge in [0, 0.05) is 16.8 Å². The molecule has 0 saturated carbocycles. The predicted molar refractivity (Wildman–Crippen MR) is 106 cm³/mol. The lowest BCUT2D eigenvalue weighted by Crippen LogP contribution is -2.45. The van der Waals surface area contributed by atoms with E-state index in [1.165, 1.54) is 11.8 Å². The van der Waals surface area contributed by atoms with Crippen LogP contribution in [0.3, 0.4) is 0 Å². The van der Waals surface area contributed by atoms with Crippen LogP contribution in [0.2, 0.25) is 5.02 Å². The van der Waals surface area contributed by atoms with Gasteiger partial charge in [-0.2, -0.15) is 5.10 Å². The average molecular weight is 395 g/mol. The van der Waals surface area contributed by atoms with E-state index < -0.39 is 6.04 Å². The van der Waals surface area contributed by atoms with Gasteiger partial charge in [-0.25, -0.2) is 0 Å². The fraction of sp³-hybridized carbons (Fsp3) is 0.389. The van der Waals surface area contributed by atoms with E-state index in [0.717, 1.165) is 5.56 Å². The molecule has 0 radical (unpaired) electrons. The first-order valence-corrected chi connectivity index (χ1v) is 9.89. The van der Waals surface area contributed by atoms with Gasteiger partial charge < -0.3 is 10.6 Å². The van der Waals surface area contributed by atoms with Crippen molar-refractivity contribution in [3.8, 4) is 0 Å². The standard InChI is InChI=1S/C18H23ClN4O2S/c1-12(2)9-15(18(25)22-16-7-8-20-23-16)21-17(24)11-26-10-13-3-5-14(19)6-4-13/h3-8,12,15H,9-11H2,1-2H3,(H,21,24)(H2,20,22,23,25). The SMILES string of the molecule is CC(C)CC(NC(=O)CSCc1ccc(Cl)cc1)C(=O)Nc1ccn[nH]1. The van der Waals surface area contributed by atoms with Gasteiger partial charge in [0.2, 0.25) is 11.8 Å². The molecule has 0 aliphatic carbocycles. The average Bonchev–Trinajstić information content (AvgIpc) is 3.08. The van der Waals surface area contributed by atoms with E-state index in [0.29, 0.717) is 23.0 Å². The van der Waals surface area contributed by atoms with Crippen LogP contribution in [0.25, 0.3) is 0 Å². The van der Waals surface area contributed by atoms with Gasteiger partial charge in [-0.3, -0.25) is 14.7 Å². The van der Waals surface area contributed by atoms with Crippen molar-refractivity contribution < 1.29 is 9.59 Å². The fourth-order valence-electron chi connectivity index (χ4n) is 2.33. The molecule has 8 heteroatoms. The minimum absolute atomic E-state index is 0.158. The van der Waals surface area contributed by atoms with Crippen LogP contribution in [0.15, 0.2) is 36.5 Å². The Morgan fingerprint density at radius 1 is 1.23 bits per heavy atom. The first-order valence-electron chi connectivity index (χ1n) is 8.36. The van der Waals surface area contributed by atoms with Crippen LogP contribution in [0, 0.1) is 5.92 Å². The third kappa shape index (κ3) is 7.09. The van der Waals surface area contributed by atoms with E-state index in [2.05, 4.69) is 20.8 Å². The van der Waals surface area contributed by atoms with E-state index in [9.17, 15) is 9.59 Å². The van der Waals surface area contributed by atoms with Gasteiger partial charge in [-0.15, -0.1) is 11.8 Å². The summed E-state index contributed by atoms with van der Waals surface area (Å²) in [6.07, 6.45) is 2.12. The van der Waals surface area contributed by atoms with Crippen molar-refractivity contribution in [3.63, 3.8) is 0 Å². The van der Waals surface area contributed by atoms with Crippen LogP contribution in [0.1, 0.15) is 25.8 Å². The smallest absolute Gasteiger partial charge is 0.248 e. The second-order valence-corrected chi connectivity index (χ2v) is 7.75. The number of rotatable bonds is 9. The predicted octanol–water partition coefficient (Wildman–Crippen LogP) is 3.47. The van der Waals surface area contributed by atoms with E-state index in [1.54, 1.807) is 12.3 Å². The van der Waals surface area contributed by atoms with E-state index in [4.69, 9.17) is 11.6 Å². The van der Waals surface area contributed by atoms with Gasteiger partial charge in [-0.05, 0) is 30.0 Å². The Morgan fingerprint density at radius 3 is 2.58 bits per heavy atom. The van der Waals surface area contributed by atoms with Crippen LogP contribution in [-0.2, 0) is 15.3 Å². The van der Waals surface area contributed by atoms with E-state index in [1.807, 2.05) is 38.1 Å². The zero-order chi connectivity index (χ0) is 18.9. The summed E-state index contributed by atoms with van der Waals surface area (Å²) < 4.78 is 0. The van der Waals surface area contributed by atoms with Gasteiger partial charge in [0.05, 0.1) is 11.9 Å². The van der Waals surface area contributed by atoms with Gasteiger partial charge in [0.15, 0.2) is 0 Å². The highest BCUT2D eigenvalue weighted by molar-refractivity contribution is 7.99. The number of hydrogen-bond donors (Lipinski definition) is 3. The number of nitrogens with zero attached hydrogens (tertiary/aromatic N) is 1. The number of anilines is 1. The Morgan fingerprint density at radius 2 is 1.96 bits per heavy atom. The number of nitrogens with one attached hydrogen (secondary N) is 3. The molecule has 26 heavy (non-hydrogen) atoms. The summed E-state index contributed by atoms with van der Waals surface area (Å²) in [7, 11) is 0. The van der Waals surface area contributed by atoms with Gasteiger partial charge in [0.25, 0.3) is 0 Å². The Balaban J connectivity index is 1.82. The molecule has 2 aromatic rings. The highest BCUT2D eigenvalue weighted by atomic mass is 35.5. The molecule has 1 aromatic heterocycles. The molecule has 1 atom stereocenters. The van der Waals surface area contributed by atoms with Crippen molar-refractivity contribution in [3.05, 3.63) is 47.1 Å². The first kappa shape index (κ1) is 20.3. The Labute approximate surface area is 162 Å².